The second kappa shape index (κ2) is 37.9. The number of nitrogens with zero attached hydrogens (tertiary/aromatic N) is 1. The van der Waals surface area contributed by atoms with Crippen LogP contribution in [0, 0.1) is 0 Å². The highest BCUT2D eigenvalue weighted by molar-refractivity contribution is 5.72. The van der Waals surface area contributed by atoms with Crippen LogP contribution in [0.3, 0.4) is 0 Å². The standard InChI is InChI=1S/C47H81NO7/c1-6-8-10-12-14-16-18-20-21-22-23-24-26-28-30-32-34-36-38-46(50)55-43(41-53-40-39-44(47(51)52)48(3,4)5)42-54-45(49)37-35-33-31-29-27-25-19-17-15-13-11-9-7-2/h10,12,14,16,18,20-24,43-44H,6-9,11,13,15,17,19,25-42H2,1-5H3/p+1/b12-10+,16-14+,20-18+,22-21+,24-23+. The number of allylic oxidation sites excluding steroid dienone is 10. The van der Waals surface area contributed by atoms with E-state index in [0.29, 0.717) is 19.3 Å². The molecule has 8 heteroatoms. The van der Waals surface area contributed by atoms with Gasteiger partial charge in [0.25, 0.3) is 0 Å². The molecule has 0 aliphatic heterocycles. The summed E-state index contributed by atoms with van der Waals surface area (Å²) in [5, 5.41) is 9.61. The van der Waals surface area contributed by atoms with Crippen molar-refractivity contribution in [2.75, 3.05) is 41.0 Å². The number of carboxylic acid groups (broad SMARTS) is 1. The van der Waals surface area contributed by atoms with Crippen LogP contribution in [0.1, 0.15) is 168 Å². The van der Waals surface area contributed by atoms with Gasteiger partial charge in [-0.3, -0.25) is 9.59 Å². The first-order valence-corrected chi connectivity index (χ1v) is 21.9. The van der Waals surface area contributed by atoms with E-state index in [1.807, 2.05) is 57.6 Å². The van der Waals surface area contributed by atoms with Crippen LogP contribution in [0.2, 0.25) is 0 Å². The molecule has 0 saturated carbocycles. The third kappa shape index (κ3) is 36.4. The largest absolute Gasteiger partial charge is 0.477 e. The zero-order valence-corrected chi connectivity index (χ0v) is 35.9. The molecule has 0 aromatic rings. The normalized spacial score (nSPS) is 13.5. The molecule has 0 saturated heterocycles. The molecule has 2 atom stereocenters. The molecule has 316 valence electrons. The maximum atomic E-state index is 12.7. The van der Waals surface area contributed by atoms with Gasteiger partial charge in [-0.2, -0.15) is 0 Å². The number of aliphatic carboxylic acids is 1. The molecule has 0 aliphatic rings. The fourth-order valence-corrected chi connectivity index (χ4v) is 6.12. The van der Waals surface area contributed by atoms with Crippen molar-refractivity contribution in [2.45, 2.75) is 180 Å². The van der Waals surface area contributed by atoms with Gasteiger partial charge < -0.3 is 23.8 Å². The Morgan fingerprint density at radius 3 is 1.49 bits per heavy atom. The van der Waals surface area contributed by atoms with Crippen molar-refractivity contribution in [1.29, 1.82) is 0 Å². The number of carbonyl (C=O) groups is 3. The number of carboxylic acids is 1. The molecule has 1 N–H and O–H groups in total. The molecule has 0 rings (SSSR count). The van der Waals surface area contributed by atoms with E-state index in [1.54, 1.807) is 0 Å². The highest BCUT2D eigenvalue weighted by Crippen LogP contribution is 2.14. The fourth-order valence-electron chi connectivity index (χ4n) is 6.12. The van der Waals surface area contributed by atoms with Gasteiger partial charge in [0, 0.05) is 19.3 Å². The Bertz CT molecular complexity index is 1090. The van der Waals surface area contributed by atoms with Crippen molar-refractivity contribution in [3.05, 3.63) is 60.8 Å². The summed E-state index contributed by atoms with van der Waals surface area (Å²) >= 11 is 0. The average molecular weight is 773 g/mol. The summed E-state index contributed by atoms with van der Waals surface area (Å²) in [6.45, 7) is 4.61. The summed E-state index contributed by atoms with van der Waals surface area (Å²) in [4.78, 5) is 36.9. The van der Waals surface area contributed by atoms with Crippen LogP contribution in [0.25, 0.3) is 0 Å². The van der Waals surface area contributed by atoms with Crippen molar-refractivity contribution < 1.29 is 38.2 Å². The Morgan fingerprint density at radius 1 is 0.545 bits per heavy atom. The second-order valence-corrected chi connectivity index (χ2v) is 15.7. The lowest BCUT2D eigenvalue weighted by Gasteiger charge is -2.31. The number of quaternary nitrogens is 1. The number of carbonyl (C=O) groups excluding carboxylic acids is 2. The van der Waals surface area contributed by atoms with Crippen molar-refractivity contribution in [1.82, 2.24) is 0 Å². The predicted octanol–water partition coefficient (Wildman–Crippen LogP) is 11.8. The minimum absolute atomic E-state index is 0.0496. The Morgan fingerprint density at radius 2 is 1.00 bits per heavy atom. The maximum Gasteiger partial charge on any atom is 0.362 e. The molecule has 0 aliphatic carbocycles. The molecule has 8 nitrogen and oxygen atoms in total. The Kier molecular flexibility index (Phi) is 35.9. The van der Waals surface area contributed by atoms with E-state index in [0.717, 1.165) is 64.2 Å². The first kappa shape index (κ1) is 52.0. The first-order chi connectivity index (χ1) is 26.6. The molecule has 0 amide bonds. The van der Waals surface area contributed by atoms with Crippen LogP contribution in [0.15, 0.2) is 60.8 Å². The number of unbranched alkanes of at least 4 members (excludes halogenated alkanes) is 18. The van der Waals surface area contributed by atoms with Crippen LogP contribution in [-0.4, -0.2) is 80.6 Å². The van der Waals surface area contributed by atoms with Gasteiger partial charge >= 0.3 is 17.9 Å². The molecular weight excluding hydrogens is 691 g/mol. The van der Waals surface area contributed by atoms with Gasteiger partial charge in [-0.05, 0) is 32.1 Å². The van der Waals surface area contributed by atoms with Crippen molar-refractivity contribution in [3.8, 4) is 0 Å². The van der Waals surface area contributed by atoms with E-state index >= 15 is 0 Å². The summed E-state index contributed by atoms with van der Waals surface area (Å²) in [6, 6.07) is -0.620. The Hall–Kier alpha value is -2.97. The number of rotatable bonds is 38. The van der Waals surface area contributed by atoms with Crippen molar-refractivity contribution in [3.63, 3.8) is 0 Å². The summed E-state index contributed by atoms with van der Waals surface area (Å²) in [5.41, 5.74) is 0. The predicted molar refractivity (Wildman–Crippen MR) is 229 cm³/mol. The summed E-state index contributed by atoms with van der Waals surface area (Å²) in [5.74, 6) is -1.50. The number of hydrogen-bond donors (Lipinski definition) is 1. The average Bonchev–Trinajstić information content (AvgIpc) is 3.14. The van der Waals surface area contributed by atoms with Crippen LogP contribution < -0.4 is 0 Å². The molecule has 0 aromatic carbocycles. The molecule has 2 unspecified atom stereocenters. The van der Waals surface area contributed by atoms with E-state index in [-0.39, 0.29) is 36.2 Å². The van der Waals surface area contributed by atoms with E-state index in [4.69, 9.17) is 14.2 Å². The summed E-state index contributed by atoms with van der Waals surface area (Å²) < 4.78 is 17.2. The molecular formula is C47H82NO7+. The number of esters is 2. The monoisotopic (exact) mass is 773 g/mol. The number of hydrogen-bond acceptors (Lipinski definition) is 6. The van der Waals surface area contributed by atoms with Gasteiger partial charge in [-0.25, -0.2) is 4.79 Å². The highest BCUT2D eigenvalue weighted by atomic mass is 16.6. The molecule has 0 aromatic heterocycles. The van der Waals surface area contributed by atoms with Crippen LogP contribution >= 0.6 is 0 Å². The third-order valence-electron chi connectivity index (χ3n) is 9.53. The van der Waals surface area contributed by atoms with E-state index in [2.05, 4.69) is 38.2 Å². The lowest BCUT2D eigenvalue weighted by Crippen LogP contribution is -2.50. The van der Waals surface area contributed by atoms with Gasteiger partial charge in [0.2, 0.25) is 0 Å². The minimum Gasteiger partial charge on any atom is -0.477 e. The van der Waals surface area contributed by atoms with Crippen molar-refractivity contribution >= 4 is 17.9 Å². The maximum absolute atomic E-state index is 12.7. The molecule has 55 heavy (non-hydrogen) atoms. The molecule has 0 heterocycles. The molecule has 0 fully saturated rings. The number of likely N-dealkylation sites (N-methyl/N-ethyl adjacent to an activating group) is 1. The van der Waals surface area contributed by atoms with Crippen LogP contribution in [-0.2, 0) is 28.6 Å². The smallest absolute Gasteiger partial charge is 0.362 e. The summed E-state index contributed by atoms with van der Waals surface area (Å²) in [7, 11) is 5.51. The van der Waals surface area contributed by atoms with E-state index < -0.39 is 18.1 Å². The number of ether oxygens (including phenoxy) is 3. The minimum atomic E-state index is -0.881. The fraction of sp³-hybridized carbons (Fsp3) is 0.723. The zero-order chi connectivity index (χ0) is 40.7. The lowest BCUT2D eigenvalue weighted by atomic mass is 10.0. The van der Waals surface area contributed by atoms with Gasteiger partial charge in [-0.1, -0.05) is 177 Å². The second-order valence-electron chi connectivity index (χ2n) is 15.7. The van der Waals surface area contributed by atoms with Gasteiger partial charge in [-0.15, -0.1) is 0 Å². The highest BCUT2D eigenvalue weighted by Gasteiger charge is 2.31. The first-order valence-electron chi connectivity index (χ1n) is 21.9. The lowest BCUT2D eigenvalue weighted by molar-refractivity contribution is -0.887. The zero-order valence-electron chi connectivity index (χ0n) is 35.9. The molecule has 0 bridgehead atoms. The summed E-state index contributed by atoms with van der Waals surface area (Å²) in [6.07, 6.45) is 45.4. The SMILES string of the molecule is CCC/C=C/C=C/C=C/C=C/C=C/CCCCCCCC(=O)OC(COCCC(C(=O)O)[N+](C)(C)C)COC(=O)CCCCCCCCCCCCCCC. The van der Waals surface area contributed by atoms with Gasteiger partial charge in [0.05, 0.1) is 34.4 Å². The van der Waals surface area contributed by atoms with E-state index in [1.165, 1.54) is 70.6 Å². The quantitative estimate of drug-likeness (QED) is 0.0289. The van der Waals surface area contributed by atoms with E-state index in [9.17, 15) is 19.5 Å². The topological polar surface area (TPSA) is 99.1 Å². The Labute approximate surface area is 337 Å². The van der Waals surface area contributed by atoms with Gasteiger partial charge in [0.1, 0.15) is 6.61 Å². The molecule has 0 radical (unpaired) electrons. The third-order valence-corrected chi connectivity index (χ3v) is 9.53. The van der Waals surface area contributed by atoms with Crippen LogP contribution in [0.5, 0.6) is 0 Å². The van der Waals surface area contributed by atoms with Crippen molar-refractivity contribution in [2.24, 2.45) is 0 Å². The molecule has 0 spiro atoms. The van der Waals surface area contributed by atoms with Gasteiger partial charge in [0.15, 0.2) is 12.1 Å². The van der Waals surface area contributed by atoms with Crippen LogP contribution in [0.4, 0.5) is 0 Å². The Balaban J connectivity index is 4.42.